The van der Waals surface area contributed by atoms with Gasteiger partial charge in [0.1, 0.15) is 11.9 Å². The number of benzene rings is 2. The Morgan fingerprint density at radius 1 is 0.909 bits per heavy atom. The maximum absolute atomic E-state index is 11.4. The van der Waals surface area contributed by atoms with E-state index in [1.165, 1.54) is 7.11 Å². The van der Waals surface area contributed by atoms with Gasteiger partial charge in [-0.25, -0.2) is 0 Å². The summed E-state index contributed by atoms with van der Waals surface area (Å²) >= 11 is 0. The summed E-state index contributed by atoms with van der Waals surface area (Å²) in [4.78, 5) is 0. The average molecular weight is 633 g/mol. The molecule has 2 aromatic carbocycles. The summed E-state index contributed by atoms with van der Waals surface area (Å²) in [5.41, 5.74) is 1.29. The predicted octanol–water partition coefficient (Wildman–Crippen LogP) is 6.48. The van der Waals surface area contributed by atoms with Crippen LogP contribution in [0.1, 0.15) is 65.5 Å². The van der Waals surface area contributed by atoms with Crippen LogP contribution in [0.25, 0.3) is 0 Å². The van der Waals surface area contributed by atoms with E-state index in [0.29, 0.717) is 26.2 Å². The number of hydrogen-bond donors (Lipinski definition) is 2. The Kier molecular flexibility index (Phi) is 12.6. The highest BCUT2D eigenvalue weighted by Crippen LogP contribution is 2.46. The molecule has 1 aliphatic heterocycles. The summed E-state index contributed by atoms with van der Waals surface area (Å²) in [7, 11) is 1.06. The van der Waals surface area contributed by atoms with E-state index >= 15 is 0 Å². The minimum Gasteiger partial charge on any atom is -0.497 e. The topological polar surface area (TPSA) is 95.8 Å². The van der Waals surface area contributed by atoms with Gasteiger partial charge in [-0.15, -0.1) is 0 Å². The number of hydrogen-bond acceptors (Lipinski definition) is 8. The molecular weight excluding hydrogens is 576 g/mol. The molecule has 0 saturated carbocycles. The summed E-state index contributed by atoms with van der Waals surface area (Å²) in [6, 6.07) is 17.8. The molecule has 0 amide bonds. The summed E-state index contributed by atoms with van der Waals surface area (Å²) < 4.78 is 37.4. The van der Waals surface area contributed by atoms with Gasteiger partial charge < -0.3 is 38.3 Å². The van der Waals surface area contributed by atoms with Crippen LogP contribution in [0, 0.1) is 5.41 Å². The van der Waals surface area contributed by atoms with Crippen LogP contribution in [-0.2, 0) is 36.6 Å². The van der Waals surface area contributed by atoms with E-state index in [9.17, 15) is 10.2 Å². The molecule has 0 radical (unpaired) electrons. The fourth-order valence-corrected chi connectivity index (χ4v) is 6.49. The maximum atomic E-state index is 11.4. The fourth-order valence-electron chi connectivity index (χ4n) is 5.33. The van der Waals surface area contributed by atoms with Crippen LogP contribution in [0.4, 0.5) is 0 Å². The van der Waals surface area contributed by atoms with Crippen LogP contribution in [0.15, 0.2) is 54.6 Å². The van der Waals surface area contributed by atoms with E-state index in [4.69, 9.17) is 28.1 Å². The van der Waals surface area contributed by atoms with Gasteiger partial charge in [0.05, 0.1) is 44.7 Å². The normalized spacial score (nSPS) is 24.6. The molecule has 1 aliphatic rings. The van der Waals surface area contributed by atoms with Crippen molar-refractivity contribution in [2.75, 3.05) is 20.8 Å². The zero-order valence-corrected chi connectivity index (χ0v) is 29.5. The first-order valence-corrected chi connectivity index (χ1v) is 18.6. The Morgan fingerprint density at radius 2 is 1.50 bits per heavy atom. The molecule has 0 bridgehead atoms. The van der Waals surface area contributed by atoms with Gasteiger partial charge in [-0.05, 0) is 48.3 Å². The zero-order valence-electron chi connectivity index (χ0n) is 28.5. The molecule has 2 N–H and O–H groups in total. The average Bonchev–Trinajstić information content (AvgIpc) is 2.98. The monoisotopic (exact) mass is 632 g/mol. The highest BCUT2D eigenvalue weighted by atomic mass is 28.4. The Morgan fingerprint density at radius 3 is 2.07 bits per heavy atom. The number of ether oxygens (including phenoxy) is 5. The van der Waals surface area contributed by atoms with Crippen molar-refractivity contribution in [1.82, 2.24) is 0 Å². The van der Waals surface area contributed by atoms with Crippen molar-refractivity contribution < 1.29 is 38.3 Å². The minimum atomic E-state index is -2.11. The lowest BCUT2D eigenvalue weighted by atomic mass is 9.76. The van der Waals surface area contributed by atoms with E-state index < -0.39 is 37.8 Å². The predicted molar refractivity (Wildman–Crippen MR) is 175 cm³/mol. The third kappa shape index (κ3) is 8.91. The molecule has 3 rings (SSSR count). The van der Waals surface area contributed by atoms with Gasteiger partial charge in [0.2, 0.25) is 5.79 Å². The van der Waals surface area contributed by atoms with Crippen LogP contribution in [0.5, 0.6) is 5.75 Å². The van der Waals surface area contributed by atoms with Crippen molar-refractivity contribution >= 4 is 8.32 Å². The van der Waals surface area contributed by atoms with Gasteiger partial charge in [0.25, 0.3) is 0 Å². The third-order valence-corrected chi connectivity index (χ3v) is 13.9. The Hall–Kier alpha value is -1.82. The number of methoxy groups -OCH3 is 2. The van der Waals surface area contributed by atoms with Gasteiger partial charge in [-0.3, -0.25) is 0 Å². The smallest absolute Gasteiger partial charge is 0.204 e. The van der Waals surface area contributed by atoms with Crippen molar-refractivity contribution in [2.45, 2.75) is 122 Å². The summed E-state index contributed by atoms with van der Waals surface area (Å²) in [5.74, 6) is -0.712. The van der Waals surface area contributed by atoms with Crippen molar-refractivity contribution in [1.29, 1.82) is 0 Å². The first-order valence-electron chi connectivity index (χ1n) is 15.7. The lowest BCUT2D eigenvalue weighted by Crippen LogP contribution is -2.67. The highest BCUT2D eigenvalue weighted by molar-refractivity contribution is 6.74. The molecule has 6 atom stereocenters. The van der Waals surface area contributed by atoms with E-state index in [2.05, 4.69) is 33.9 Å². The SMILES string of the molecule is COc1ccc(COC(C[C@@H]2C[C@H](O)[C@H](O)[C@](OC)(C(C)(C)CO[Si](C)(C)C(C)(C)C)O2)[C@H](C)OCc2ccccc2)cc1. The second-order valence-electron chi connectivity index (χ2n) is 14.2. The Bertz CT molecular complexity index is 1130. The van der Waals surface area contributed by atoms with Crippen LogP contribution < -0.4 is 4.74 Å². The standard InChI is InChI=1S/C35H56O8Si/c1-25(40-22-26-14-12-11-13-15-26)31(41-23-27-16-18-28(38-7)19-17-27)21-29-20-30(36)32(37)35(39-8,43-29)34(5,6)24-42-44(9,10)33(2,3)4/h11-19,25,29-32,36-37H,20-24H2,1-10H3/t25-,29-,30-,31?,32-,35+/m0/s1. The number of aliphatic hydroxyl groups is 2. The molecule has 248 valence electrons. The minimum absolute atomic E-state index is 0.0156. The van der Waals surface area contributed by atoms with Crippen molar-refractivity contribution in [3.63, 3.8) is 0 Å². The first-order chi connectivity index (χ1) is 20.5. The Labute approximate surface area is 266 Å². The quantitative estimate of drug-likeness (QED) is 0.216. The van der Waals surface area contributed by atoms with E-state index in [1.807, 2.05) is 75.4 Å². The molecule has 1 fully saturated rings. The van der Waals surface area contributed by atoms with Crippen molar-refractivity contribution in [3.05, 3.63) is 65.7 Å². The van der Waals surface area contributed by atoms with Gasteiger partial charge in [0.15, 0.2) is 8.32 Å². The van der Waals surface area contributed by atoms with Crippen molar-refractivity contribution in [2.24, 2.45) is 5.41 Å². The van der Waals surface area contributed by atoms with Crippen LogP contribution in [0.2, 0.25) is 18.1 Å². The molecule has 8 nitrogen and oxygen atoms in total. The largest absolute Gasteiger partial charge is 0.497 e. The van der Waals surface area contributed by atoms with Gasteiger partial charge >= 0.3 is 0 Å². The van der Waals surface area contributed by atoms with Gasteiger partial charge in [0, 0.05) is 32.0 Å². The lowest BCUT2D eigenvalue weighted by Gasteiger charge is -2.54. The molecule has 9 heteroatoms. The summed E-state index contributed by atoms with van der Waals surface area (Å²) in [6.45, 7) is 18.0. The van der Waals surface area contributed by atoms with Crippen LogP contribution >= 0.6 is 0 Å². The second kappa shape index (κ2) is 15.2. The van der Waals surface area contributed by atoms with Crippen molar-refractivity contribution in [3.8, 4) is 5.75 Å². The molecule has 0 aromatic heterocycles. The molecule has 1 saturated heterocycles. The summed E-state index contributed by atoms with van der Waals surface area (Å²) in [6.07, 6.45) is -2.76. The van der Waals surface area contributed by atoms with E-state index in [-0.39, 0.29) is 23.7 Å². The molecule has 0 spiro atoms. The second-order valence-corrected chi connectivity index (χ2v) is 19.0. The lowest BCUT2D eigenvalue weighted by molar-refractivity contribution is -0.378. The van der Waals surface area contributed by atoms with Crippen LogP contribution in [-0.4, -0.2) is 75.7 Å². The third-order valence-electron chi connectivity index (χ3n) is 9.44. The number of aliphatic hydroxyl groups excluding tert-OH is 2. The molecule has 1 heterocycles. The highest BCUT2D eigenvalue weighted by Gasteiger charge is 2.59. The zero-order chi connectivity index (χ0) is 32.8. The Balaban J connectivity index is 1.81. The van der Waals surface area contributed by atoms with E-state index in [0.717, 1.165) is 16.9 Å². The molecule has 44 heavy (non-hydrogen) atoms. The molecule has 0 aliphatic carbocycles. The van der Waals surface area contributed by atoms with Gasteiger partial charge in [-0.1, -0.05) is 77.1 Å². The fraction of sp³-hybridized carbons (Fsp3) is 0.657. The van der Waals surface area contributed by atoms with E-state index in [1.54, 1.807) is 7.11 Å². The molecular formula is C35H56O8Si. The molecule has 2 aromatic rings. The molecule has 1 unspecified atom stereocenters. The summed E-state index contributed by atoms with van der Waals surface area (Å²) in [5, 5.41) is 22.6. The first kappa shape index (κ1) is 36.6. The van der Waals surface area contributed by atoms with Gasteiger partial charge in [-0.2, -0.15) is 0 Å². The number of rotatable bonds is 15. The maximum Gasteiger partial charge on any atom is 0.204 e. The van der Waals surface area contributed by atoms with Crippen LogP contribution in [0.3, 0.4) is 0 Å².